The van der Waals surface area contributed by atoms with Crippen molar-refractivity contribution >= 4 is 15.9 Å². The number of carbonyl (C=O) groups is 1. The Morgan fingerprint density at radius 3 is 2.36 bits per heavy atom. The molecule has 1 aliphatic rings. The number of hydrogen-bond acceptors (Lipinski definition) is 4. The Hall–Kier alpha value is -2.36. The zero-order chi connectivity index (χ0) is 20.1. The molecule has 1 heterocycles. The highest BCUT2D eigenvalue weighted by Crippen LogP contribution is 2.18. The van der Waals surface area contributed by atoms with Crippen molar-refractivity contribution in [1.82, 2.24) is 9.62 Å². The van der Waals surface area contributed by atoms with Crippen molar-refractivity contribution in [2.24, 2.45) is 0 Å². The van der Waals surface area contributed by atoms with Gasteiger partial charge in [0.25, 0.3) is 5.91 Å². The number of hydrogen-bond donors (Lipinski definition) is 1. The molecule has 1 aliphatic heterocycles. The van der Waals surface area contributed by atoms with E-state index in [1.54, 1.807) is 12.1 Å². The maximum Gasteiger partial charge on any atom is 0.251 e. The summed E-state index contributed by atoms with van der Waals surface area (Å²) < 4.78 is 57.8. The Balaban J connectivity index is 1.55. The number of morpholine rings is 1. The van der Waals surface area contributed by atoms with Gasteiger partial charge in [-0.25, -0.2) is 17.2 Å². The number of carbonyl (C=O) groups excluding carboxylic acids is 1. The fourth-order valence-corrected chi connectivity index (χ4v) is 4.23. The van der Waals surface area contributed by atoms with Crippen LogP contribution >= 0.6 is 0 Å². The Bertz CT molecular complexity index is 943. The molecule has 28 heavy (non-hydrogen) atoms. The third-order valence-corrected chi connectivity index (χ3v) is 6.33. The van der Waals surface area contributed by atoms with Crippen LogP contribution in [0.4, 0.5) is 8.78 Å². The number of nitrogens with one attached hydrogen (secondary N) is 1. The summed E-state index contributed by atoms with van der Waals surface area (Å²) >= 11 is 0. The molecule has 1 N–H and O–H groups in total. The molecular weight excluding hydrogens is 390 g/mol. The van der Waals surface area contributed by atoms with Crippen molar-refractivity contribution in [2.75, 3.05) is 32.8 Å². The summed E-state index contributed by atoms with van der Waals surface area (Å²) in [6.07, 6.45) is 0.466. The Kier molecular flexibility index (Phi) is 6.38. The molecule has 2 aromatic rings. The predicted octanol–water partition coefficient (Wildman–Crippen LogP) is 1.96. The first-order valence-electron chi connectivity index (χ1n) is 8.78. The lowest BCUT2D eigenvalue weighted by molar-refractivity contribution is 0.0730. The van der Waals surface area contributed by atoms with E-state index in [2.05, 4.69) is 5.32 Å². The van der Waals surface area contributed by atoms with E-state index < -0.39 is 27.6 Å². The number of ether oxygens (including phenoxy) is 1. The highest BCUT2D eigenvalue weighted by molar-refractivity contribution is 7.89. The summed E-state index contributed by atoms with van der Waals surface area (Å²) in [5.41, 5.74) is 0.873. The molecule has 0 radical (unpaired) electrons. The second-order valence-corrected chi connectivity index (χ2v) is 8.23. The molecule has 3 rings (SSSR count). The van der Waals surface area contributed by atoms with Crippen LogP contribution in [0.2, 0.25) is 0 Å². The standard InChI is InChI=1S/C19H20F2N2O4S/c20-17-6-3-15(13-18(17)21)19(24)22-8-7-14-1-4-16(5-2-14)28(25,26)23-9-11-27-12-10-23/h1-6,13H,7-12H2,(H,22,24). The van der Waals surface area contributed by atoms with Crippen molar-refractivity contribution in [3.05, 3.63) is 65.2 Å². The van der Waals surface area contributed by atoms with Gasteiger partial charge in [-0.3, -0.25) is 4.79 Å². The Labute approximate surface area is 162 Å². The molecule has 6 nitrogen and oxygen atoms in total. The molecule has 0 unspecified atom stereocenters. The molecule has 2 aromatic carbocycles. The van der Waals surface area contributed by atoms with E-state index in [1.165, 1.54) is 22.5 Å². The topological polar surface area (TPSA) is 75.7 Å². The third-order valence-electron chi connectivity index (χ3n) is 4.41. The summed E-state index contributed by atoms with van der Waals surface area (Å²) in [6, 6.07) is 9.41. The first-order chi connectivity index (χ1) is 13.4. The Morgan fingerprint density at radius 2 is 1.71 bits per heavy atom. The van der Waals surface area contributed by atoms with Crippen LogP contribution in [0.25, 0.3) is 0 Å². The van der Waals surface area contributed by atoms with Crippen molar-refractivity contribution in [2.45, 2.75) is 11.3 Å². The fourth-order valence-electron chi connectivity index (χ4n) is 2.82. The largest absolute Gasteiger partial charge is 0.379 e. The van der Waals surface area contributed by atoms with Crippen LogP contribution in [-0.4, -0.2) is 51.5 Å². The molecule has 0 spiro atoms. The molecular formula is C19H20F2N2O4S. The molecule has 1 fully saturated rings. The smallest absolute Gasteiger partial charge is 0.251 e. The van der Waals surface area contributed by atoms with Gasteiger partial charge < -0.3 is 10.1 Å². The van der Waals surface area contributed by atoms with Gasteiger partial charge in [-0.15, -0.1) is 0 Å². The van der Waals surface area contributed by atoms with E-state index in [4.69, 9.17) is 4.74 Å². The van der Waals surface area contributed by atoms with Crippen molar-refractivity contribution in [3.8, 4) is 0 Å². The SMILES string of the molecule is O=C(NCCc1ccc(S(=O)(=O)N2CCOCC2)cc1)c1ccc(F)c(F)c1. The normalized spacial score (nSPS) is 15.4. The second-order valence-electron chi connectivity index (χ2n) is 6.30. The summed E-state index contributed by atoms with van der Waals surface area (Å²) in [4.78, 5) is 12.2. The fraction of sp³-hybridized carbons (Fsp3) is 0.316. The van der Waals surface area contributed by atoms with Crippen LogP contribution in [0.15, 0.2) is 47.4 Å². The van der Waals surface area contributed by atoms with Gasteiger partial charge in [-0.2, -0.15) is 4.31 Å². The lowest BCUT2D eigenvalue weighted by atomic mass is 10.1. The Morgan fingerprint density at radius 1 is 1.04 bits per heavy atom. The van der Waals surface area contributed by atoms with Gasteiger partial charge >= 0.3 is 0 Å². The van der Waals surface area contributed by atoms with Crippen LogP contribution < -0.4 is 5.32 Å². The van der Waals surface area contributed by atoms with Crippen LogP contribution in [0.5, 0.6) is 0 Å². The van der Waals surface area contributed by atoms with Crippen LogP contribution in [0, 0.1) is 11.6 Å². The molecule has 9 heteroatoms. The molecule has 0 aliphatic carbocycles. The van der Waals surface area contributed by atoms with E-state index in [1.807, 2.05) is 0 Å². The van der Waals surface area contributed by atoms with Gasteiger partial charge in [0.1, 0.15) is 0 Å². The molecule has 150 valence electrons. The number of amides is 1. The summed E-state index contributed by atoms with van der Waals surface area (Å²) in [5, 5.41) is 2.62. The number of nitrogens with zero attached hydrogens (tertiary/aromatic N) is 1. The van der Waals surface area contributed by atoms with Gasteiger partial charge in [0.2, 0.25) is 10.0 Å². The number of rotatable bonds is 6. The lowest BCUT2D eigenvalue weighted by Gasteiger charge is -2.26. The van der Waals surface area contributed by atoms with Crippen molar-refractivity contribution in [3.63, 3.8) is 0 Å². The predicted molar refractivity (Wildman–Crippen MR) is 98.4 cm³/mol. The first-order valence-corrected chi connectivity index (χ1v) is 10.2. The maximum atomic E-state index is 13.2. The van der Waals surface area contributed by atoms with Crippen LogP contribution in [0.3, 0.4) is 0 Å². The molecule has 0 bridgehead atoms. The summed E-state index contributed by atoms with van der Waals surface area (Å²) in [7, 11) is -3.54. The molecule has 1 amide bonds. The monoisotopic (exact) mass is 410 g/mol. The quantitative estimate of drug-likeness (QED) is 0.790. The average Bonchev–Trinajstić information content (AvgIpc) is 2.71. The minimum absolute atomic E-state index is 0.0332. The second kappa shape index (κ2) is 8.76. The molecule has 0 saturated carbocycles. The zero-order valence-electron chi connectivity index (χ0n) is 15.0. The first kappa shape index (κ1) is 20.4. The van der Waals surface area contributed by atoms with Crippen molar-refractivity contribution < 1.29 is 26.7 Å². The molecule has 1 saturated heterocycles. The third kappa shape index (κ3) is 4.73. The highest BCUT2D eigenvalue weighted by atomic mass is 32.2. The van der Waals surface area contributed by atoms with Crippen molar-refractivity contribution in [1.29, 1.82) is 0 Å². The van der Waals surface area contributed by atoms with E-state index in [-0.39, 0.29) is 17.0 Å². The number of halogens is 2. The van der Waals surface area contributed by atoms with E-state index in [0.717, 1.165) is 17.7 Å². The van der Waals surface area contributed by atoms with Crippen LogP contribution in [0.1, 0.15) is 15.9 Å². The van der Waals surface area contributed by atoms with E-state index >= 15 is 0 Å². The van der Waals surface area contributed by atoms with Crippen LogP contribution in [-0.2, 0) is 21.2 Å². The van der Waals surface area contributed by atoms with Gasteiger partial charge in [0.05, 0.1) is 18.1 Å². The van der Waals surface area contributed by atoms with Gasteiger partial charge in [0.15, 0.2) is 11.6 Å². The lowest BCUT2D eigenvalue weighted by Crippen LogP contribution is -2.40. The average molecular weight is 410 g/mol. The van der Waals surface area contributed by atoms with E-state index in [0.29, 0.717) is 32.7 Å². The van der Waals surface area contributed by atoms with Gasteiger partial charge in [0, 0.05) is 25.2 Å². The minimum Gasteiger partial charge on any atom is -0.379 e. The van der Waals surface area contributed by atoms with Gasteiger partial charge in [-0.1, -0.05) is 12.1 Å². The summed E-state index contributed by atoms with van der Waals surface area (Å²) in [5.74, 6) is -2.60. The molecule has 0 aromatic heterocycles. The number of benzene rings is 2. The zero-order valence-corrected chi connectivity index (χ0v) is 15.8. The van der Waals surface area contributed by atoms with Gasteiger partial charge in [-0.05, 0) is 42.3 Å². The number of sulfonamides is 1. The minimum atomic E-state index is -3.54. The molecule has 0 atom stereocenters. The highest BCUT2D eigenvalue weighted by Gasteiger charge is 2.26. The maximum absolute atomic E-state index is 13.2. The van der Waals surface area contributed by atoms with E-state index in [9.17, 15) is 22.0 Å². The summed E-state index contributed by atoms with van der Waals surface area (Å²) in [6.45, 7) is 1.71.